The molecule has 0 aromatic carbocycles. The Morgan fingerprint density at radius 2 is 1.58 bits per heavy atom. The second-order valence-electron chi connectivity index (χ2n) is 3.33. The van der Waals surface area contributed by atoms with E-state index in [1.54, 1.807) is 0 Å². The first-order chi connectivity index (χ1) is 5.34. The van der Waals surface area contributed by atoms with Crippen LogP contribution in [0.3, 0.4) is 0 Å². The van der Waals surface area contributed by atoms with E-state index in [2.05, 4.69) is 13.8 Å². The van der Waals surface area contributed by atoms with Gasteiger partial charge in [0, 0.05) is 0 Å². The lowest BCUT2D eigenvalue weighted by Crippen LogP contribution is -2.19. The third-order valence-corrected chi connectivity index (χ3v) is 3.27. The molecule has 0 radical (unpaired) electrons. The molecule has 0 amide bonds. The van der Waals surface area contributed by atoms with Crippen LogP contribution in [0, 0.1) is 5.92 Å². The highest BCUT2D eigenvalue weighted by atomic mass is 35.6. The summed E-state index contributed by atoms with van der Waals surface area (Å²) in [5.41, 5.74) is 0. The molecule has 0 aliphatic heterocycles. The minimum atomic E-state index is -1.32. The standard InChI is InChI=1S/C8H14Cl4/c1-6(2)4-3-5-7(9)8(10,11)12/h6-7H,3-5H2,1-2H3. The van der Waals surface area contributed by atoms with Gasteiger partial charge in [-0.1, -0.05) is 61.5 Å². The summed E-state index contributed by atoms with van der Waals surface area (Å²) in [5, 5.41) is -0.374. The molecule has 0 aromatic rings. The quantitative estimate of drug-likeness (QED) is 0.631. The third kappa shape index (κ3) is 6.65. The van der Waals surface area contributed by atoms with Crippen molar-refractivity contribution in [2.24, 2.45) is 5.92 Å². The average Bonchev–Trinajstić information content (AvgIpc) is 1.84. The zero-order valence-electron chi connectivity index (χ0n) is 7.29. The lowest BCUT2D eigenvalue weighted by atomic mass is 10.1. The van der Waals surface area contributed by atoms with Gasteiger partial charge < -0.3 is 0 Å². The molecule has 74 valence electrons. The number of rotatable bonds is 4. The molecule has 4 heteroatoms. The molecular weight excluding hydrogens is 238 g/mol. The maximum atomic E-state index is 5.84. The fourth-order valence-electron chi connectivity index (χ4n) is 0.869. The van der Waals surface area contributed by atoms with Crippen molar-refractivity contribution < 1.29 is 0 Å². The van der Waals surface area contributed by atoms with Crippen LogP contribution in [0.2, 0.25) is 0 Å². The molecule has 0 saturated carbocycles. The van der Waals surface area contributed by atoms with Gasteiger partial charge in [-0.25, -0.2) is 0 Å². The van der Waals surface area contributed by atoms with Gasteiger partial charge in [-0.2, -0.15) is 0 Å². The summed E-state index contributed by atoms with van der Waals surface area (Å²) in [6, 6.07) is 0. The van der Waals surface area contributed by atoms with E-state index in [1.165, 1.54) is 0 Å². The minimum absolute atomic E-state index is 0.374. The van der Waals surface area contributed by atoms with Crippen LogP contribution in [0.1, 0.15) is 33.1 Å². The van der Waals surface area contributed by atoms with Gasteiger partial charge in [0.1, 0.15) is 0 Å². The molecule has 0 fully saturated rings. The van der Waals surface area contributed by atoms with Crippen molar-refractivity contribution in [3.8, 4) is 0 Å². The van der Waals surface area contributed by atoms with Gasteiger partial charge in [0.05, 0.1) is 5.38 Å². The fourth-order valence-corrected chi connectivity index (χ4v) is 1.35. The Labute approximate surface area is 94.5 Å². The molecule has 0 rings (SSSR count). The molecule has 0 saturated heterocycles. The van der Waals surface area contributed by atoms with Gasteiger partial charge in [0.25, 0.3) is 0 Å². The smallest absolute Gasteiger partial charge is 0.118 e. The predicted octanol–water partition coefficient (Wildman–Crippen LogP) is 4.79. The fraction of sp³-hybridized carbons (Fsp3) is 1.00. The highest BCUT2D eigenvalue weighted by molar-refractivity contribution is 6.70. The van der Waals surface area contributed by atoms with Crippen molar-refractivity contribution in [3.05, 3.63) is 0 Å². The molecule has 1 atom stereocenters. The van der Waals surface area contributed by atoms with Crippen LogP contribution in [0.25, 0.3) is 0 Å². The molecule has 1 unspecified atom stereocenters. The van der Waals surface area contributed by atoms with Crippen molar-refractivity contribution in [2.75, 3.05) is 0 Å². The Bertz CT molecular complexity index is 117. The molecule has 0 spiro atoms. The molecule has 0 nitrogen and oxygen atoms in total. The predicted molar refractivity (Wildman–Crippen MR) is 58.6 cm³/mol. The largest absolute Gasteiger partial charge is 0.206 e. The first kappa shape index (κ1) is 13.2. The molecule has 0 aliphatic rings. The first-order valence-corrected chi connectivity index (χ1v) is 5.62. The number of alkyl halides is 4. The Hall–Kier alpha value is 1.16. The van der Waals surface area contributed by atoms with Gasteiger partial charge in [0.2, 0.25) is 3.79 Å². The second kappa shape index (κ2) is 5.80. The van der Waals surface area contributed by atoms with Crippen LogP contribution in [0.15, 0.2) is 0 Å². The first-order valence-electron chi connectivity index (χ1n) is 4.05. The van der Waals surface area contributed by atoms with Gasteiger partial charge in [0.15, 0.2) is 0 Å². The molecular formula is C8H14Cl4. The van der Waals surface area contributed by atoms with Crippen molar-refractivity contribution in [1.29, 1.82) is 0 Å². The van der Waals surface area contributed by atoms with E-state index in [9.17, 15) is 0 Å². The Kier molecular flexibility index (Phi) is 6.36. The van der Waals surface area contributed by atoms with E-state index in [4.69, 9.17) is 46.4 Å². The summed E-state index contributed by atoms with van der Waals surface area (Å²) < 4.78 is -1.32. The monoisotopic (exact) mass is 250 g/mol. The zero-order chi connectivity index (χ0) is 9.78. The van der Waals surface area contributed by atoms with Crippen LogP contribution in [0.4, 0.5) is 0 Å². The van der Waals surface area contributed by atoms with Crippen LogP contribution in [-0.2, 0) is 0 Å². The average molecular weight is 252 g/mol. The van der Waals surface area contributed by atoms with Gasteiger partial charge in [-0.05, 0) is 12.3 Å². The molecule has 0 bridgehead atoms. The summed E-state index contributed by atoms with van der Waals surface area (Å²) in [7, 11) is 0. The number of hydrogen-bond acceptors (Lipinski definition) is 0. The van der Waals surface area contributed by atoms with Gasteiger partial charge in [-0.3, -0.25) is 0 Å². The van der Waals surface area contributed by atoms with E-state index in [-0.39, 0.29) is 5.38 Å². The van der Waals surface area contributed by atoms with E-state index in [0.29, 0.717) is 5.92 Å². The lowest BCUT2D eigenvalue weighted by Gasteiger charge is -2.17. The maximum Gasteiger partial charge on any atom is 0.206 e. The van der Waals surface area contributed by atoms with Gasteiger partial charge in [-0.15, -0.1) is 11.6 Å². The second-order valence-corrected chi connectivity index (χ2v) is 6.23. The highest BCUT2D eigenvalue weighted by Crippen LogP contribution is 2.36. The molecule has 0 heterocycles. The summed E-state index contributed by atoms with van der Waals surface area (Å²) in [6.45, 7) is 4.33. The van der Waals surface area contributed by atoms with Crippen LogP contribution in [0.5, 0.6) is 0 Å². The maximum absolute atomic E-state index is 5.84. The third-order valence-electron chi connectivity index (χ3n) is 1.59. The summed E-state index contributed by atoms with van der Waals surface area (Å²) in [6.07, 6.45) is 2.90. The van der Waals surface area contributed by atoms with E-state index >= 15 is 0 Å². The zero-order valence-corrected chi connectivity index (χ0v) is 10.3. The van der Waals surface area contributed by atoms with E-state index < -0.39 is 3.79 Å². The Morgan fingerprint density at radius 1 is 1.08 bits per heavy atom. The summed E-state index contributed by atoms with van der Waals surface area (Å²) in [4.78, 5) is 0. The van der Waals surface area contributed by atoms with E-state index in [0.717, 1.165) is 19.3 Å². The number of halogens is 4. The molecule has 0 aromatic heterocycles. The topological polar surface area (TPSA) is 0 Å². The van der Waals surface area contributed by atoms with Crippen molar-refractivity contribution in [1.82, 2.24) is 0 Å². The molecule has 12 heavy (non-hydrogen) atoms. The normalized spacial score (nSPS) is 15.2. The van der Waals surface area contributed by atoms with Crippen LogP contribution >= 0.6 is 46.4 Å². The Balaban J connectivity index is 3.51. The van der Waals surface area contributed by atoms with E-state index in [1.807, 2.05) is 0 Å². The molecule has 0 aliphatic carbocycles. The van der Waals surface area contributed by atoms with Crippen molar-refractivity contribution in [2.45, 2.75) is 42.3 Å². The minimum Gasteiger partial charge on any atom is -0.118 e. The summed E-state index contributed by atoms with van der Waals surface area (Å²) >= 11 is 22.6. The Morgan fingerprint density at radius 3 is 1.92 bits per heavy atom. The van der Waals surface area contributed by atoms with Crippen molar-refractivity contribution in [3.63, 3.8) is 0 Å². The molecule has 0 N–H and O–H groups in total. The lowest BCUT2D eigenvalue weighted by molar-refractivity contribution is 0.531. The van der Waals surface area contributed by atoms with Crippen LogP contribution < -0.4 is 0 Å². The van der Waals surface area contributed by atoms with Crippen molar-refractivity contribution >= 4 is 46.4 Å². The summed E-state index contributed by atoms with van der Waals surface area (Å²) in [5.74, 6) is 0.684. The SMILES string of the molecule is CC(C)CCCC(Cl)C(Cl)(Cl)Cl. The van der Waals surface area contributed by atoms with Gasteiger partial charge >= 0.3 is 0 Å². The highest BCUT2D eigenvalue weighted by Gasteiger charge is 2.29. The number of hydrogen-bond donors (Lipinski definition) is 0. The van der Waals surface area contributed by atoms with Crippen LogP contribution in [-0.4, -0.2) is 9.17 Å².